The third-order valence-corrected chi connectivity index (χ3v) is 4.18. The maximum absolute atomic E-state index is 2.29. The molecule has 0 aliphatic rings. The molecule has 0 atom stereocenters. The average molecular weight is 356 g/mol. The molecule has 0 rings (SSSR count). The third kappa shape index (κ3) is 30.6. The number of hydrogen-bond donors (Lipinski definition) is 0. The Kier molecular flexibility index (Phi) is 29.9. The number of nitrogens with zero attached hydrogens (tertiary/aromatic N) is 1. The normalized spacial score (nSPS) is 10.4. The van der Waals surface area contributed by atoms with E-state index in [-0.39, 0.29) is 23.4 Å². The lowest BCUT2D eigenvalue weighted by Gasteiger charge is -2.23. The summed E-state index contributed by atoms with van der Waals surface area (Å²) in [6, 6.07) is 0. The van der Waals surface area contributed by atoms with E-state index in [2.05, 4.69) is 28.1 Å². The van der Waals surface area contributed by atoms with Crippen LogP contribution in [0.4, 0.5) is 0 Å². The second kappa shape index (κ2) is 22.2. The van der Waals surface area contributed by atoms with Gasteiger partial charge in [-0.3, -0.25) is 0 Å². The van der Waals surface area contributed by atoms with Crippen LogP contribution in [0.3, 0.4) is 0 Å². The van der Waals surface area contributed by atoms with Gasteiger partial charge in [0.1, 0.15) is 0 Å². The molecule has 0 unspecified atom stereocenters. The molecule has 0 fully saturated rings. The average Bonchev–Trinajstić information content (AvgIpc) is 2.38. The molecular weight excluding hydrogens is 310 g/mol. The lowest BCUT2D eigenvalue weighted by Crippen LogP contribution is -3.00. The second-order valence-corrected chi connectivity index (χ2v) is 7.61. The minimum Gasteiger partial charge on any atom is -1.00 e. The summed E-state index contributed by atoms with van der Waals surface area (Å²) in [6.45, 7) is 3.63. The molecule has 0 aromatic carbocycles. The van der Waals surface area contributed by atoms with Crippen LogP contribution >= 0.6 is 0 Å². The van der Waals surface area contributed by atoms with E-state index in [0.717, 1.165) is 4.48 Å². The van der Waals surface area contributed by atoms with Gasteiger partial charge >= 0.3 is 0 Å². The Balaban J connectivity index is -0.000000602. The van der Waals surface area contributed by atoms with Gasteiger partial charge in [-0.05, 0) is 12.8 Å². The maximum Gasteiger partial charge on any atom is 0.0780 e. The number of halogens is 1. The summed E-state index contributed by atoms with van der Waals surface area (Å²) in [4.78, 5) is 0. The molecule has 3 nitrogen and oxygen atoms in total. The molecule has 0 aromatic rings. The highest BCUT2D eigenvalue weighted by Gasteiger charge is 2.04. The van der Waals surface area contributed by atoms with Crippen molar-refractivity contribution in [2.75, 3.05) is 27.7 Å². The minimum atomic E-state index is 0. The number of unbranched alkanes of at least 4 members (excludes halogenated alkanes) is 13. The third-order valence-electron chi connectivity index (χ3n) is 4.18. The Morgan fingerprint density at radius 3 is 1.00 bits per heavy atom. The maximum atomic E-state index is 2.29. The molecule has 0 saturated heterocycles. The summed E-state index contributed by atoms with van der Waals surface area (Å²) in [5.41, 5.74) is 0. The van der Waals surface area contributed by atoms with Gasteiger partial charge in [-0.2, -0.15) is 0 Å². The van der Waals surface area contributed by atoms with Crippen molar-refractivity contribution < 1.29 is 27.8 Å². The number of hydrogen-bond acceptors (Lipinski definition) is 0. The van der Waals surface area contributed by atoms with Crippen molar-refractivity contribution in [2.24, 2.45) is 0 Å². The molecule has 0 amide bonds. The highest BCUT2D eigenvalue weighted by Crippen LogP contribution is 2.13. The van der Waals surface area contributed by atoms with Gasteiger partial charge in [0.15, 0.2) is 0 Å². The lowest BCUT2D eigenvalue weighted by molar-refractivity contribution is -0.870. The molecular formula is C19H46ClNO2. The first-order valence-corrected chi connectivity index (χ1v) is 9.36. The Hall–Kier alpha value is 0.170. The smallest absolute Gasteiger partial charge is 0.0780 e. The summed E-state index contributed by atoms with van der Waals surface area (Å²) in [7, 11) is 6.88. The predicted octanol–water partition coefficient (Wildman–Crippen LogP) is 1.53. The van der Waals surface area contributed by atoms with Crippen LogP contribution in [0.5, 0.6) is 0 Å². The highest BCUT2D eigenvalue weighted by atomic mass is 35.5. The van der Waals surface area contributed by atoms with Gasteiger partial charge < -0.3 is 27.8 Å². The van der Waals surface area contributed by atoms with Crippen molar-refractivity contribution in [1.29, 1.82) is 0 Å². The van der Waals surface area contributed by atoms with Gasteiger partial charge in [0.2, 0.25) is 0 Å². The van der Waals surface area contributed by atoms with Gasteiger partial charge in [0.25, 0.3) is 0 Å². The monoisotopic (exact) mass is 355 g/mol. The van der Waals surface area contributed by atoms with Crippen LogP contribution in [-0.2, 0) is 0 Å². The fraction of sp³-hybridized carbons (Fsp3) is 1.00. The SMILES string of the molecule is CCCCCCCCCCCCCCCC[N+](C)(C)C.O.O.[Cl-]. The van der Waals surface area contributed by atoms with Crippen LogP contribution in [0.15, 0.2) is 0 Å². The minimum absolute atomic E-state index is 0. The Morgan fingerprint density at radius 2 is 0.739 bits per heavy atom. The molecule has 0 radical (unpaired) electrons. The van der Waals surface area contributed by atoms with E-state index in [0.29, 0.717) is 0 Å². The van der Waals surface area contributed by atoms with Crippen molar-refractivity contribution in [3.63, 3.8) is 0 Å². The quantitative estimate of drug-likeness (QED) is 0.316. The zero-order chi connectivity index (χ0) is 15.1. The van der Waals surface area contributed by atoms with E-state index < -0.39 is 0 Å². The molecule has 4 heteroatoms. The summed E-state index contributed by atoms with van der Waals surface area (Å²) in [6.07, 6.45) is 20.4. The van der Waals surface area contributed by atoms with E-state index in [1.165, 1.54) is 96.4 Å². The molecule has 0 aliphatic heterocycles. The summed E-state index contributed by atoms with van der Waals surface area (Å²) >= 11 is 0. The van der Waals surface area contributed by atoms with E-state index in [9.17, 15) is 0 Å². The van der Waals surface area contributed by atoms with Gasteiger partial charge in [-0.15, -0.1) is 0 Å². The first-order chi connectivity index (χ1) is 9.56. The van der Waals surface area contributed by atoms with Crippen LogP contribution in [0.25, 0.3) is 0 Å². The first-order valence-electron chi connectivity index (χ1n) is 9.36. The largest absolute Gasteiger partial charge is 1.00 e. The fourth-order valence-electron chi connectivity index (χ4n) is 2.78. The van der Waals surface area contributed by atoms with Crippen molar-refractivity contribution in [1.82, 2.24) is 0 Å². The Bertz CT molecular complexity index is 196. The summed E-state index contributed by atoms with van der Waals surface area (Å²) < 4.78 is 1.12. The van der Waals surface area contributed by atoms with Gasteiger partial charge in [-0.25, -0.2) is 0 Å². The van der Waals surface area contributed by atoms with Crippen molar-refractivity contribution in [3.8, 4) is 0 Å². The van der Waals surface area contributed by atoms with Gasteiger partial charge in [0, 0.05) is 0 Å². The molecule has 0 spiro atoms. The number of quaternary nitrogens is 1. The molecule has 146 valence electrons. The predicted molar refractivity (Wildman–Crippen MR) is 100 cm³/mol. The zero-order valence-corrected chi connectivity index (χ0v) is 17.2. The number of rotatable bonds is 15. The van der Waals surface area contributed by atoms with E-state index in [4.69, 9.17) is 0 Å². The van der Waals surface area contributed by atoms with Crippen LogP contribution < -0.4 is 12.4 Å². The van der Waals surface area contributed by atoms with Crippen molar-refractivity contribution >= 4 is 0 Å². The van der Waals surface area contributed by atoms with E-state index >= 15 is 0 Å². The second-order valence-electron chi connectivity index (χ2n) is 7.61. The Morgan fingerprint density at radius 1 is 0.478 bits per heavy atom. The molecule has 0 aromatic heterocycles. The first kappa shape index (κ1) is 31.0. The van der Waals surface area contributed by atoms with Gasteiger partial charge in [0.05, 0.1) is 27.7 Å². The van der Waals surface area contributed by atoms with Crippen LogP contribution in [0.2, 0.25) is 0 Å². The lowest BCUT2D eigenvalue weighted by atomic mass is 10.0. The highest BCUT2D eigenvalue weighted by molar-refractivity contribution is 4.49. The Labute approximate surface area is 152 Å². The van der Waals surface area contributed by atoms with E-state index in [1.807, 2.05) is 0 Å². The zero-order valence-electron chi connectivity index (χ0n) is 16.4. The van der Waals surface area contributed by atoms with Crippen molar-refractivity contribution in [3.05, 3.63) is 0 Å². The molecule has 0 aliphatic carbocycles. The summed E-state index contributed by atoms with van der Waals surface area (Å²) in [5, 5.41) is 0. The molecule has 0 heterocycles. The molecule has 4 N–H and O–H groups in total. The fourth-order valence-corrected chi connectivity index (χ4v) is 2.78. The standard InChI is InChI=1S/C19H42N.ClH.2H2O/c1-5-6-7-8-9-10-11-12-13-14-15-16-17-18-19-20(2,3)4;;;/h5-19H2,1-4H3;1H;2*1H2/q+1;;;/p-1. The van der Waals surface area contributed by atoms with Crippen LogP contribution in [-0.4, -0.2) is 43.1 Å². The molecule has 0 saturated carbocycles. The van der Waals surface area contributed by atoms with Gasteiger partial charge in [-0.1, -0.05) is 84.0 Å². The van der Waals surface area contributed by atoms with E-state index in [1.54, 1.807) is 0 Å². The van der Waals surface area contributed by atoms with Crippen LogP contribution in [0, 0.1) is 0 Å². The molecule has 0 bridgehead atoms. The van der Waals surface area contributed by atoms with Crippen LogP contribution in [0.1, 0.15) is 96.8 Å². The summed E-state index contributed by atoms with van der Waals surface area (Å²) in [5.74, 6) is 0. The van der Waals surface area contributed by atoms with Crippen molar-refractivity contribution in [2.45, 2.75) is 96.8 Å². The molecule has 23 heavy (non-hydrogen) atoms. The topological polar surface area (TPSA) is 63.0 Å².